The first-order valence-electron chi connectivity index (χ1n) is 5.88. The van der Waals surface area contributed by atoms with Gasteiger partial charge >= 0.3 is 5.69 Å². The van der Waals surface area contributed by atoms with Gasteiger partial charge in [0.15, 0.2) is 15.9 Å². The summed E-state index contributed by atoms with van der Waals surface area (Å²) < 4.78 is 5.03. The summed E-state index contributed by atoms with van der Waals surface area (Å²) in [5.41, 5.74) is 0.300. The van der Waals surface area contributed by atoms with Crippen molar-refractivity contribution in [2.24, 2.45) is 7.05 Å². The van der Waals surface area contributed by atoms with Crippen LogP contribution in [-0.4, -0.2) is 18.7 Å². The molecule has 2 heterocycles. The fraction of sp³-hybridized carbons (Fsp3) is 0.545. The average Bonchev–Trinajstić information content (AvgIpc) is 2.66. The maximum absolute atomic E-state index is 12.3. The summed E-state index contributed by atoms with van der Waals surface area (Å²) in [7, 11) is 1.63. The molecule has 0 aliphatic rings. The van der Waals surface area contributed by atoms with E-state index in [9.17, 15) is 9.59 Å². The van der Waals surface area contributed by atoms with E-state index in [0.717, 1.165) is 6.42 Å². The van der Waals surface area contributed by atoms with E-state index in [2.05, 4.69) is 20.9 Å². The number of nitrogens with zero attached hydrogens (tertiary/aromatic N) is 4. The van der Waals surface area contributed by atoms with Crippen LogP contribution in [0.3, 0.4) is 0 Å². The normalized spacial score (nSPS) is 11.3. The summed E-state index contributed by atoms with van der Waals surface area (Å²) in [5.74, 6) is 0. The van der Waals surface area contributed by atoms with Gasteiger partial charge in [-0.15, -0.1) is 0 Å². The smallest absolute Gasteiger partial charge is 0.313 e. The molecule has 18 heavy (non-hydrogen) atoms. The van der Waals surface area contributed by atoms with Crippen molar-refractivity contribution < 1.29 is 0 Å². The Balaban J connectivity index is 3.00. The van der Waals surface area contributed by atoms with E-state index in [-0.39, 0.29) is 11.2 Å². The standard InChI is InChI=1S/C11H15BrN4O2/c1-4-6-16-7-8(13-10(16)12)14(3)11(18)15(5-2)9(7)17/h4-6H2,1-3H3. The number of aryl methyl sites for hydroxylation is 2. The molecule has 7 heteroatoms. The summed E-state index contributed by atoms with van der Waals surface area (Å²) in [6.07, 6.45) is 0.887. The van der Waals surface area contributed by atoms with Crippen LogP contribution in [0.15, 0.2) is 14.3 Å². The maximum Gasteiger partial charge on any atom is 0.332 e. The Kier molecular flexibility index (Phi) is 3.43. The Morgan fingerprint density at radius 3 is 2.44 bits per heavy atom. The maximum atomic E-state index is 12.3. The summed E-state index contributed by atoms with van der Waals surface area (Å²) in [5, 5.41) is 0. The van der Waals surface area contributed by atoms with Gasteiger partial charge in [0.2, 0.25) is 0 Å². The summed E-state index contributed by atoms with van der Waals surface area (Å²) in [6, 6.07) is 0. The molecule has 0 amide bonds. The molecule has 0 atom stereocenters. The lowest BCUT2D eigenvalue weighted by Gasteiger charge is -2.07. The van der Waals surface area contributed by atoms with E-state index in [4.69, 9.17) is 0 Å². The van der Waals surface area contributed by atoms with Gasteiger partial charge in [-0.05, 0) is 29.3 Å². The minimum absolute atomic E-state index is 0.276. The van der Waals surface area contributed by atoms with Crippen molar-refractivity contribution in [3.63, 3.8) is 0 Å². The lowest BCUT2D eigenvalue weighted by atomic mass is 10.4. The fourth-order valence-electron chi connectivity index (χ4n) is 2.05. The Morgan fingerprint density at radius 1 is 1.22 bits per heavy atom. The monoisotopic (exact) mass is 314 g/mol. The SMILES string of the molecule is CCCn1c(Br)nc2c1c(=O)n(CC)c(=O)n2C. The zero-order valence-electron chi connectivity index (χ0n) is 10.6. The molecule has 0 saturated carbocycles. The van der Waals surface area contributed by atoms with Gasteiger partial charge in [-0.3, -0.25) is 13.9 Å². The van der Waals surface area contributed by atoms with Crippen molar-refractivity contribution in [2.45, 2.75) is 33.4 Å². The predicted molar refractivity (Wildman–Crippen MR) is 72.9 cm³/mol. The number of halogens is 1. The zero-order chi connectivity index (χ0) is 13.4. The molecule has 0 saturated heterocycles. The molecular weight excluding hydrogens is 300 g/mol. The molecule has 2 aromatic heterocycles. The largest absolute Gasteiger partial charge is 0.332 e. The molecule has 2 rings (SSSR count). The van der Waals surface area contributed by atoms with E-state index in [1.807, 2.05) is 11.5 Å². The molecule has 0 bridgehead atoms. The van der Waals surface area contributed by atoms with Gasteiger partial charge in [0.05, 0.1) is 0 Å². The van der Waals surface area contributed by atoms with Gasteiger partial charge in [-0.1, -0.05) is 6.92 Å². The molecule has 0 radical (unpaired) electrons. The molecule has 0 fully saturated rings. The number of rotatable bonds is 3. The molecular formula is C11H15BrN4O2. The topological polar surface area (TPSA) is 61.8 Å². The van der Waals surface area contributed by atoms with Crippen molar-refractivity contribution >= 4 is 27.1 Å². The molecule has 0 N–H and O–H groups in total. The highest BCUT2D eigenvalue weighted by Gasteiger charge is 2.17. The molecule has 0 aliphatic carbocycles. The van der Waals surface area contributed by atoms with Crippen LogP contribution in [0.2, 0.25) is 0 Å². The second-order valence-electron chi connectivity index (χ2n) is 4.10. The third kappa shape index (κ3) is 1.73. The minimum Gasteiger partial charge on any atom is -0.313 e. The van der Waals surface area contributed by atoms with Crippen molar-refractivity contribution in [3.05, 3.63) is 25.6 Å². The molecule has 2 aromatic rings. The first-order valence-corrected chi connectivity index (χ1v) is 6.67. The number of hydrogen-bond acceptors (Lipinski definition) is 3. The summed E-state index contributed by atoms with van der Waals surface area (Å²) in [4.78, 5) is 28.5. The Morgan fingerprint density at radius 2 is 1.89 bits per heavy atom. The predicted octanol–water partition coefficient (Wildman–Crippen LogP) is 1.09. The van der Waals surface area contributed by atoms with E-state index >= 15 is 0 Å². The van der Waals surface area contributed by atoms with Gasteiger partial charge < -0.3 is 4.57 Å². The van der Waals surface area contributed by atoms with Gasteiger partial charge in [0.1, 0.15) is 0 Å². The highest BCUT2D eigenvalue weighted by molar-refractivity contribution is 9.10. The lowest BCUT2D eigenvalue weighted by molar-refractivity contribution is 0.627. The second-order valence-corrected chi connectivity index (χ2v) is 4.80. The highest BCUT2D eigenvalue weighted by atomic mass is 79.9. The third-order valence-corrected chi connectivity index (χ3v) is 3.55. The Hall–Kier alpha value is -1.37. The highest BCUT2D eigenvalue weighted by Crippen LogP contribution is 2.16. The quantitative estimate of drug-likeness (QED) is 0.797. The van der Waals surface area contributed by atoms with E-state index in [1.54, 1.807) is 14.0 Å². The number of hydrogen-bond donors (Lipinski definition) is 0. The minimum atomic E-state index is -0.330. The van der Waals surface area contributed by atoms with Crippen LogP contribution in [0.1, 0.15) is 20.3 Å². The van der Waals surface area contributed by atoms with E-state index in [1.165, 1.54) is 9.13 Å². The van der Waals surface area contributed by atoms with Crippen LogP contribution < -0.4 is 11.2 Å². The van der Waals surface area contributed by atoms with Crippen LogP contribution in [0.25, 0.3) is 11.2 Å². The first kappa shape index (κ1) is 13.1. The van der Waals surface area contributed by atoms with Gasteiger partial charge in [0, 0.05) is 20.1 Å². The number of fused-ring (bicyclic) bond motifs is 1. The fourth-order valence-corrected chi connectivity index (χ4v) is 2.57. The van der Waals surface area contributed by atoms with Crippen molar-refractivity contribution in [2.75, 3.05) is 0 Å². The van der Waals surface area contributed by atoms with Gasteiger partial charge in [0.25, 0.3) is 5.56 Å². The summed E-state index contributed by atoms with van der Waals surface area (Å²) >= 11 is 3.34. The van der Waals surface area contributed by atoms with Crippen molar-refractivity contribution in [1.29, 1.82) is 0 Å². The summed E-state index contributed by atoms with van der Waals surface area (Å²) in [6.45, 7) is 4.85. The van der Waals surface area contributed by atoms with Crippen molar-refractivity contribution in [3.8, 4) is 0 Å². The first-order chi connectivity index (χ1) is 8.52. The Bertz CT molecular complexity index is 710. The lowest BCUT2D eigenvalue weighted by Crippen LogP contribution is -2.39. The molecule has 0 aliphatic heterocycles. The zero-order valence-corrected chi connectivity index (χ0v) is 12.2. The Labute approximate surface area is 112 Å². The van der Waals surface area contributed by atoms with Crippen molar-refractivity contribution in [1.82, 2.24) is 18.7 Å². The van der Waals surface area contributed by atoms with E-state index < -0.39 is 0 Å². The number of aromatic nitrogens is 4. The van der Waals surface area contributed by atoms with Crippen LogP contribution in [0.5, 0.6) is 0 Å². The van der Waals surface area contributed by atoms with Crippen LogP contribution in [-0.2, 0) is 20.1 Å². The van der Waals surface area contributed by atoms with Crippen LogP contribution >= 0.6 is 15.9 Å². The molecule has 0 unspecified atom stereocenters. The molecule has 98 valence electrons. The van der Waals surface area contributed by atoms with Gasteiger partial charge in [-0.25, -0.2) is 9.78 Å². The molecule has 6 nitrogen and oxygen atoms in total. The number of imidazole rings is 1. The van der Waals surface area contributed by atoms with Crippen LogP contribution in [0.4, 0.5) is 0 Å². The van der Waals surface area contributed by atoms with Gasteiger partial charge in [-0.2, -0.15) is 0 Å². The van der Waals surface area contributed by atoms with E-state index in [0.29, 0.717) is 29.0 Å². The third-order valence-electron chi connectivity index (χ3n) is 2.95. The molecule has 0 spiro atoms. The van der Waals surface area contributed by atoms with Crippen LogP contribution in [0, 0.1) is 0 Å². The second kappa shape index (κ2) is 4.72. The molecule has 0 aromatic carbocycles. The average molecular weight is 315 g/mol.